The van der Waals surface area contributed by atoms with E-state index in [-0.39, 0.29) is 11.8 Å². The summed E-state index contributed by atoms with van der Waals surface area (Å²) >= 11 is 5.49. The van der Waals surface area contributed by atoms with Crippen molar-refractivity contribution in [3.63, 3.8) is 0 Å². The van der Waals surface area contributed by atoms with E-state index in [2.05, 4.69) is 14.9 Å². The number of halogens is 1. The van der Waals surface area contributed by atoms with Crippen LogP contribution in [0.4, 0.5) is 5.69 Å². The molecule has 0 saturated heterocycles. The lowest BCUT2D eigenvalue weighted by Crippen LogP contribution is -2.13. The Kier molecular flexibility index (Phi) is 3.92. The van der Waals surface area contributed by atoms with Crippen LogP contribution < -0.4 is 5.32 Å². The van der Waals surface area contributed by atoms with E-state index in [0.717, 1.165) is 16.7 Å². The zero-order chi connectivity index (χ0) is 13.9. The topological polar surface area (TPSA) is 46.9 Å². The largest absolute Gasteiger partial charge is 0.327 e. The third-order valence-electron chi connectivity index (χ3n) is 3.95. The molecule has 20 heavy (non-hydrogen) atoms. The van der Waals surface area contributed by atoms with Crippen molar-refractivity contribution in [2.45, 2.75) is 38.1 Å². The van der Waals surface area contributed by atoms with Crippen molar-refractivity contribution in [1.29, 1.82) is 0 Å². The summed E-state index contributed by atoms with van der Waals surface area (Å²) in [6.07, 6.45) is 8.33. The predicted molar refractivity (Wildman–Crippen MR) is 81.2 cm³/mol. The van der Waals surface area contributed by atoms with Crippen molar-refractivity contribution < 1.29 is 4.79 Å². The van der Waals surface area contributed by atoms with E-state index < -0.39 is 0 Å². The van der Waals surface area contributed by atoms with Gasteiger partial charge < -0.3 is 9.88 Å². The molecule has 1 heterocycles. The molecule has 1 aromatic carbocycles. The van der Waals surface area contributed by atoms with Crippen LogP contribution in [0.25, 0.3) is 11.0 Å². The summed E-state index contributed by atoms with van der Waals surface area (Å²) in [5.41, 5.74) is 2.81. The van der Waals surface area contributed by atoms with Gasteiger partial charge >= 0.3 is 0 Å². The molecular formula is C15H18ClN3O. The fourth-order valence-electron chi connectivity index (χ4n) is 2.95. The Balaban J connectivity index is 1.87. The van der Waals surface area contributed by atoms with Crippen LogP contribution in [0.15, 0.2) is 24.5 Å². The Morgan fingerprint density at radius 2 is 2.15 bits per heavy atom. The number of carbonyl (C=O) groups is 1. The quantitative estimate of drug-likeness (QED) is 0.876. The number of imidazole rings is 1. The van der Waals surface area contributed by atoms with Crippen LogP contribution in [0.3, 0.4) is 0 Å². The molecule has 1 saturated carbocycles. The highest BCUT2D eigenvalue weighted by molar-refractivity contribution is 6.29. The number of aromatic nitrogens is 2. The van der Waals surface area contributed by atoms with Gasteiger partial charge in [-0.2, -0.15) is 0 Å². The number of anilines is 1. The minimum Gasteiger partial charge on any atom is -0.327 e. The SMILES string of the molecule is O=C(CCl)Nc1ccc2c(c1)ncn2C1CCCCC1. The van der Waals surface area contributed by atoms with Crippen LogP contribution in [-0.4, -0.2) is 21.3 Å². The zero-order valence-corrected chi connectivity index (χ0v) is 12.1. The van der Waals surface area contributed by atoms with Crippen molar-refractivity contribution in [1.82, 2.24) is 9.55 Å². The lowest BCUT2D eigenvalue weighted by molar-refractivity contribution is -0.113. The fourth-order valence-corrected chi connectivity index (χ4v) is 3.02. The molecule has 0 bridgehead atoms. The summed E-state index contributed by atoms with van der Waals surface area (Å²) in [5, 5.41) is 2.75. The van der Waals surface area contributed by atoms with Crippen molar-refractivity contribution in [2.75, 3.05) is 11.2 Å². The second kappa shape index (κ2) is 5.83. The number of hydrogen-bond acceptors (Lipinski definition) is 2. The first-order valence-electron chi connectivity index (χ1n) is 7.10. The van der Waals surface area contributed by atoms with Gasteiger partial charge in [0.15, 0.2) is 0 Å². The Morgan fingerprint density at radius 3 is 2.90 bits per heavy atom. The molecule has 0 atom stereocenters. The first-order valence-corrected chi connectivity index (χ1v) is 7.64. The lowest BCUT2D eigenvalue weighted by atomic mass is 9.95. The van der Waals surface area contributed by atoms with Gasteiger partial charge in [-0.05, 0) is 31.0 Å². The fraction of sp³-hybridized carbons (Fsp3) is 0.467. The predicted octanol–water partition coefficient (Wildman–Crippen LogP) is 3.72. The van der Waals surface area contributed by atoms with E-state index >= 15 is 0 Å². The molecule has 5 heteroatoms. The minimum absolute atomic E-state index is 0.0332. The van der Waals surface area contributed by atoms with E-state index in [1.807, 2.05) is 24.5 Å². The van der Waals surface area contributed by atoms with Crippen molar-refractivity contribution in [3.05, 3.63) is 24.5 Å². The van der Waals surface area contributed by atoms with Gasteiger partial charge in [0.25, 0.3) is 0 Å². The molecule has 1 aliphatic carbocycles. The number of rotatable bonds is 3. The second-order valence-corrected chi connectivity index (χ2v) is 5.60. The highest BCUT2D eigenvalue weighted by Gasteiger charge is 2.17. The summed E-state index contributed by atoms with van der Waals surface area (Å²) in [5.74, 6) is -0.230. The molecule has 1 aliphatic rings. The highest BCUT2D eigenvalue weighted by Crippen LogP contribution is 2.31. The number of benzene rings is 1. The molecule has 106 valence electrons. The molecule has 1 amide bonds. The van der Waals surface area contributed by atoms with E-state index in [1.165, 1.54) is 32.1 Å². The third kappa shape index (κ3) is 2.66. The Bertz CT molecular complexity index is 617. The van der Waals surface area contributed by atoms with Gasteiger partial charge in [-0.25, -0.2) is 4.98 Å². The van der Waals surface area contributed by atoms with Crippen molar-refractivity contribution in [3.8, 4) is 0 Å². The maximum atomic E-state index is 11.3. The van der Waals surface area contributed by atoms with Gasteiger partial charge in [-0.3, -0.25) is 4.79 Å². The third-order valence-corrected chi connectivity index (χ3v) is 4.19. The minimum atomic E-state index is -0.197. The second-order valence-electron chi connectivity index (χ2n) is 5.33. The number of nitrogens with zero attached hydrogens (tertiary/aromatic N) is 2. The number of alkyl halides is 1. The van der Waals surface area contributed by atoms with E-state index in [9.17, 15) is 4.79 Å². The molecule has 2 aromatic rings. The maximum Gasteiger partial charge on any atom is 0.239 e. The van der Waals surface area contributed by atoms with Gasteiger partial charge in [-0.1, -0.05) is 19.3 Å². The summed E-state index contributed by atoms with van der Waals surface area (Å²) in [4.78, 5) is 15.8. The van der Waals surface area contributed by atoms with Crippen LogP contribution in [0.1, 0.15) is 38.1 Å². The normalized spacial score (nSPS) is 16.4. The average Bonchev–Trinajstić information content (AvgIpc) is 2.91. The standard InChI is InChI=1S/C15H18ClN3O/c16-9-15(20)18-11-6-7-14-13(8-11)17-10-19(14)12-4-2-1-3-5-12/h6-8,10,12H,1-5,9H2,(H,18,20). The molecule has 0 radical (unpaired) electrons. The van der Waals surface area contributed by atoms with Gasteiger partial charge in [0.1, 0.15) is 5.88 Å². The molecule has 0 aliphatic heterocycles. The summed E-state index contributed by atoms with van der Waals surface area (Å²) in [7, 11) is 0. The van der Waals surface area contributed by atoms with Gasteiger partial charge in [0, 0.05) is 11.7 Å². The maximum absolute atomic E-state index is 11.3. The molecule has 4 nitrogen and oxygen atoms in total. The van der Waals surface area contributed by atoms with Crippen LogP contribution >= 0.6 is 11.6 Å². The van der Waals surface area contributed by atoms with Crippen molar-refractivity contribution in [2.24, 2.45) is 0 Å². The number of fused-ring (bicyclic) bond motifs is 1. The van der Waals surface area contributed by atoms with Gasteiger partial charge in [0.05, 0.1) is 17.4 Å². The Labute approximate surface area is 123 Å². The Hall–Kier alpha value is -1.55. The first kappa shape index (κ1) is 13.4. The first-order chi connectivity index (χ1) is 9.78. The lowest BCUT2D eigenvalue weighted by Gasteiger charge is -2.23. The molecule has 1 N–H and O–H groups in total. The summed E-state index contributed by atoms with van der Waals surface area (Å²) < 4.78 is 2.28. The number of amides is 1. The number of carbonyl (C=O) groups excluding carboxylic acids is 1. The highest BCUT2D eigenvalue weighted by atomic mass is 35.5. The number of nitrogens with one attached hydrogen (secondary N) is 1. The molecule has 1 fully saturated rings. The Morgan fingerprint density at radius 1 is 1.35 bits per heavy atom. The summed E-state index contributed by atoms with van der Waals surface area (Å²) in [6.45, 7) is 0. The molecular weight excluding hydrogens is 274 g/mol. The van der Waals surface area contributed by atoms with Crippen LogP contribution in [0.2, 0.25) is 0 Å². The van der Waals surface area contributed by atoms with E-state index in [0.29, 0.717) is 6.04 Å². The van der Waals surface area contributed by atoms with Gasteiger partial charge in [0.2, 0.25) is 5.91 Å². The number of hydrogen-bond donors (Lipinski definition) is 1. The molecule has 3 rings (SSSR count). The smallest absolute Gasteiger partial charge is 0.239 e. The van der Waals surface area contributed by atoms with Crippen LogP contribution in [0, 0.1) is 0 Å². The molecule has 0 spiro atoms. The van der Waals surface area contributed by atoms with Crippen LogP contribution in [0.5, 0.6) is 0 Å². The van der Waals surface area contributed by atoms with Crippen molar-refractivity contribution >= 4 is 34.2 Å². The summed E-state index contributed by atoms with van der Waals surface area (Å²) in [6, 6.07) is 6.41. The van der Waals surface area contributed by atoms with E-state index in [4.69, 9.17) is 11.6 Å². The van der Waals surface area contributed by atoms with Crippen LogP contribution in [-0.2, 0) is 4.79 Å². The van der Waals surface area contributed by atoms with E-state index in [1.54, 1.807) is 0 Å². The van der Waals surface area contributed by atoms with Gasteiger partial charge in [-0.15, -0.1) is 11.6 Å². The molecule has 1 aromatic heterocycles. The zero-order valence-electron chi connectivity index (χ0n) is 11.3. The monoisotopic (exact) mass is 291 g/mol. The average molecular weight is 292 g/mol. The molecule has 0 unspecified atom stereocenters.